The Hall–Kier alpha value is -1.98. The number of carbonyl (C=O) groups is 2. The van der Waals surface area contributed by atoms with Crippen molar-refractivity contribution in [2.45, 2.75) is 25.8 Å². The molecule has 0 radical (unpaired) electrons. The number of furan rings is 1. The quantitative estimate of drug-likeness (QED) is 0.832. The van der Waals surface area contributed by atoms with Crippen LogP contribution >= 0.6 is 0 Å². The van der Waals surface area contributed by atoms with Crippen LogP contribution in [0.3, 0.4) is 0 Å². The van der Waals surface area contributed by atoms with Gasteiger partial charge in [0.05, 0.1) is 0 Å². The van der Waals surface area contributed by atoms with Gasteiger partial charge in [0.2, 0.25) is 0 Å². The number of hydrogen-bond acceptors (Lipinski definition) is 3. The fourth-order valence-corrected chi connectivity index (χ4v) is 2.01. The summed E-state index contributed by atoms with van der Waals surface area (Å²) < 4.78 is 5.47. The van der Waals surface area contributed by atoms with Gasteiger partial charge in [-0.15, -0.1) is 0 Å². The Kier molecular flexibility index (Phi) is 3.55. The molecule has 0 saturated carbocycles. The molecule has 0 spiro atoms. The lowest BCUT2D eigenvalue weighted by Gasteiger charge is -2.13. The summed E-state index contributed by atoms with van der Waals surface area (Å²) in [6.45, 7) is 2.82. The van der Waals surface area contributed by atoms with Crippen molar-refractivity contribution < 1.29 is 19.1 Å². The Balaban J connectivity index is 1.88. The first-order valence-electron chi connectivity index (χ1n) is 5.90. The third-order valence-corrected chi connectivity index (χ3v) is 2.91. The molecule has 1 aliphatic rings. The first-order valence-corrected chi connectivity index (χ1v) is 5.90. The van der Waals surface area contributed by atoms with Crippen molar-refractivity contribution >= 4 is 12.0 Å². The largest absolute Gasteiger partial charge is 0.481 e. The summed E-state index contributed by atoms with van der Waals surface area (Å²) >= 11 is 0. The minimum atomic E-state index is -0.840. The van der Waals surface area contributed by atoms with Crippen LogP contribution in [-0.4, -0.2) is 35.1 Å². The maximum absolute atomic E-state index is 11.7. The van der Waals surface area contributed by atoms with E-state index in [2.05, 4.69) is 5.32 Å². The number of amides is 2. The van der Waals surface area contributed by atoms with Crippen LogP contribution in [0.1, 0.15) is 30.4 Å². The molecular weight excluding hydrogens is 236 g/mol. The van der Waals surface area contributed by atoms with Gasteiger partial charge in [0.15, 0.2) is 0 Å². The van der Waals surface area contributed by atoms with Gasteiger partial charge >= 0.3 is 12.0 Å². The Labute approximate surface area is 105 Å². The number of aliphatic carboxylic acids is 1. The average Bonchev–Trinajstić information content (AvgIpc) is 2.86. The molecule has 18 heavy (non-hydrogen) atoms. The van der Waals surface area contributed by atoms with Gasteiger partial charge in [0.1, 0.15) is 17.6 Å². The van der Waals surface area contributed by atoms with E-state index in [9.17, 15) is 9.59 Å². The van der Waals surface area contributed by atoms with Crippen molar-refractivity contribution in [3.63, 3.8) is 0 Å². The second-order valence-electron chi connectivity index (χ2n) is 4.39. The van der Waals surface area contributed by atoms with Crippen molar-refractivity contribution in [2.24, 2.45) is 0 Å². The second kappa shape index (κ2) is 5.12. The van der Waals surface area contributed by atoms with Gasteiger partial charge in [-0.1, -0.05) is 0 Å². The number of nitrogens with zero attached hydrogens (tertiary/aromatic N) is 1. The minimum Gasteiger partial charge on any atom is -0.481 e. The first kappa shape index (κ1) is 12.5. The van der Waals surface area contributed by atoms with Crippen LogP contribution in [0.2, 0.25) is 0 Å². The standard InChI is InChI=1S/C12H16N2O4/c1-8-4-5-10(18-8)9-7-14(12(17)13-9)6-2-3-11(15)16/h4-5,9H,2-3,6-7H2,1H3,(H,13,17)(H,15,16). The summed E-state index contributed by atoms with van der Waals surface area (Å²) in [6.07, 6.45) is 0.543. The van der Waals surface area contributed by atoms with Crippen LogP contribution in [0.25, 0.3) is 0 Å². The first-order chi connectivity index (χ1) is 8.56. The van der Waals surface area contributed by atoms with Gasteiger partial charge in [-0.3, -0.25) is 4.79 Å². The molecular formula is C12H16N2O4. The zero-order chi connectivity index (χ0) is 13.1. The number of rotatable bonds is 5. The van der Waals surface area contributed by atoms with Gasteiger partial charge in [0.25, 0.3) is 0 Å². The van der Waals surface area contributed by atoms with Crippen molar-refractivity contribution in [1.82, 2.24) is 10.2 Å². The molecule has 0 aliphatic carbocycles. The highest BCUT2D eigenvalue weighted by Gasteiger charge is 2.31. The van der Waals surface area contributed by atoms with Gasteiger partial charge in [-0.25, -0.2) is 4.79 Å². The fraction of sp³-hybridized carbons (Fsp3) is 0.500. The van der Waals surface area contributed by atoms with Crippen molar-refractivity contribution in [3.8, 4) is 0 Å². The molecule has 2 heterocycles. The molecule has 6 heteroatoms. The van der Waals surface area contributed by atoms with Gasteiger partial charge in [-0.2, -0.15) is 0 Å². The van der Waals surface area contributed by atoms with E-state index in [-0.39, 0.29) is 18.5 Å². The highest BCUT2D eigenvalue weighted by molar-refractivity contribution is 5.77. The molecule has 1 aliphatic heterocycles. The van der Waals surface area contributed by atoms with Crippen LogP contribution in [-0.2, 0) is 4.79 Å². The highest BCUT2D eigenvalue weighted by Crippen LogP contribution is 2.22. The van der Waals surface area contributed by atoms with E-state index in [1.807, 2.05) is 19.1 Å². The molecule has 1 atom stereocenters. The van der Waals surface area contributed by atoms with E-state index >= 15 is 0 Å². The number of urea groups is 1. The van der Waals surface area contributed by atoms with Gasteiger partial charge in [0, 0.05) is 19.5 Å². The minimum absolute atomic E-state index is 0.0777. The highest BCUT2D eigenvalue weighted by atomic mass is 16.4. The maximum atomic E-state index is 11.7. The molecule has 1 unspecified atom stereocenters. The summed E-state index contributed by atoms with van der Waals surface area (Å²) in [5.41, 5.74) is 0. The molecule has 98 valence electrons. The molecule has 1 saturated heterocycles. The molecule has 2 N–H and O–H groups in total. The molecule has 2 rings (SSSR count). The van der Waals surface area contributed by atoms with Crippen molar-refractivity contribution in [2.75, 3.05) is 13.1 Å². The lowest BCUT2D eigenvalue weighted by molar-refractivity contribution is -0.137. The molecule has 1 aromatic rings. The molecule has 1 fully saturated rings. The van der Waals surface area contributed by atoms with E-state index in [0.717, 1.165) is 11.5 Å². The zero-order valence-corrected chi connectivity index (χ0v) is 10.2. The molecule has 2 amide bonds. The summed E-state index contributed by atoms with van der Waals surface area (Å²) in [4.78, 5) is 23.7. The normalized spacial score (nSPS) is 19.1. The third kappa shape index (κ3) is 2.82. The fourth-order valence-electron chi connectivity index (χ4n) is 2.01. The Bertz CT molecular complexity index is 455. The van der Waals surface area contributed by atoms with Crippen LogP contribution in [0, 0.1) is 6.92 Å². The number of hydrogen-bond donors (Lipinski definition) is 2. The lowest BCUT2D eigenvalue weighted by Crippen LogP contribution is -2.29. The monoisotopic (exact) mass is 252 g/mol. The Morgan fingerprint density at radius 1 is 1.61 bits per heavy atom. The maximum Gasteiger partial charge on any atom is 0.318 e. The number of aryl methyl sites for hydroxylation is 1. The lowest BCUT2D eigenvalue weighted by atomic mass is 10.2. The Morgan fingerprint density at radius 3 is 3.00 bits per heavy atom. The summed E-state index contributed by atoms with van der Waals surface area (Å²) in [5, 5.41) is 11.4. The zero-order valence-electron chi connectivity index (χ0n) is 10.2. The van der Waals surface area contributed by atoms with E-state index < -0.39 is 5.97 Å². The van der Waals surface area contributed by atoms with Gasteiger partial charge in [-0.05, 0) is 25.5 Å². The second-order valence-corrected chi connectivity index (χ2v) is 4.39. The van der Waals surface area contributed by atoms with E-state index in [4.69, 9.17) is 9.52 Å². The SMILES string of the molecule is Cc1ccc(C2CN(CCCC(=O)O)C(=O)N2)o1. The van der Waals surface area contributed by atoms with E-state index in [1.165, 1.54) is 0 Å². The number of carbonyl (C=O) groups excluding carboxylic acids is 1. The summed E-state index contributed by atoms with van der Waals surface area (Å²) in [7, 11) is 0. The topological polar surface area (TPSA) is 82.8 Å². The van der Waals surface area contributed by atoms with Crippen LogP contribution in [0.15, 0.2) is 16.5 Å². The molecule has 0 bridgehead atoms. The average molecular weight is 252 g/mol. The molecule has 1 aromatic heterocycles. The van der Waals surface area contributed by atoms with Crippen molar-refractivity contribution in [1.29, 1.82) is 0 Å². The van der Waals surface area contributed by atoms with E-state index in [1.54, 1.807) is 4.90 Å². The smallest absolute Gasteiger partial charge is 0.318 e. The predicted octanol–water partition coefficient (Wildman–Crippen LogP) is 1.52. The number of nitrogens with one attached hydrogen (secondary N) is 1. The summed E-state index contributed by atoms with van der Waals surface area (Å²) in [5.74, 6) is 0.706. The molecule has 0 aromatic carbocycles. The molecule has 6 nitrogen and oxygen atoms in total. The number of carboxylic acid groups (broad SMARTS) is 1. The van der Waals surface area contributed by atoms with E-state index in [0.29, 0.717) is 19.5 Å². The number of carboxylic acids is 1. The summed E-state index contributed by atoms with van der Waals surface area (Å²) in [6, 6.07) is 3.39. The van der Waals surface area contributed by atoms with Gasteiger partial charge < -0.3 is 19.7 Å². The third-order valence-electron chi connectivity index (χ3n) is 2.91. The van der Waals surface area contributed by atoms with Crippen LogP contribution in [0.5, 0.6) is 0 Å². The predicted molar refractivity (Wildman–Crippen MR) is 63.2 cm³/mol. The Morgan fingerprint density at radius 2 is 2.39 bits per heavy atom. The van der Waals surface area contributed by atoms with Crippen molar-refractivity contribution in [3.05, 3.63) is 23.7 Å². The van der Waals surface area contributed by atoms with Crippen LogP contribution in [0.4, 0.5) is 4.79 Å². The van der Waals surface area contributed by atoms with Crippen LogP contribution < -0.4 is 5.32 Å².